The Labute approximate surface area is 159 Å². The summed E-state index contributed by atoms with van der Waals surface area (Å²) in [6.07, 6.45) is 6.34. The molecule has 0 fully saturated rings. The number of anilines is 2. The standard InChI is InChI=1S/C21H28F3N3/c1-20(2,3)16-7-5-6-15(8-9-16)13-26-14-27-18-11-10-17(21(22,23)24)12-19(18)25-4/h5-12,16,25-27H,13-14H2,1-4H3. The summed E-state index contributed by atoms with van der Waals surface area (Å²) >= 11 is 0. The maximum atomic E-state index is 12.8. The smallest absolute Gasteiger partial charge is 0.386 e. The normalized spacial score (nSPS) is 17.4. The first-order valence-corrected chi connectivity index (χ1v) is 9.00. The maximum absolute atomic E-state index is 12.8. The molecule has 0 amide bonds. The lowest BCUT2D eigenvalue weighted by atomic mass is 9.80. The van der Waals surface area contributed by atoms with E-state index in [1.165, 1.54) is 6.07 Å². The number of allylic oxidation sites excluding steroid dienone is 4. The molecule has 3 nitrogen and oxygen atoms in total. The molecule has 27 heavy (non-hydrogen) atoms. The number of nitrogens with one attached hydrogen (secondary N) is 3. The average Bonchev–Trinajstić information content (AvgIpc) is 2.83. The van der Waals surface area contributed by atoms with E-state index in [-0.39, 0.29) is 5.41 Å². The van der Waals surface area contributed by atoms with E-state index in [0.717, 1.165) is 17.7 Å². The van der Waals surface area contributed by atoms with E-state index in [1.807, 2.05) is 0 Å². The zero-order valence-corrected chi connectivity index (χ0v) is 16.2. The molecule has 148 valence electrons. The Morgan fingerprint density at radius 3 is 2.41 bits per heavy atom. The third-order valence-electron chi connectivity index (χ3n) is 4.50. The molecule has 0 spiro atoms. The zero-order chi connectivity index (χ0) is 20.1. The molecule has 0 radical (unpaired) electrons. The highest BCUT2D eigenvalue weighted by Gasteiger charge is 2.30. The van der Waals surface area contributed by atoms with E-state index < -0.39 is 11.7 Å². The molecular weight excluding hydrogens is 351 g/mol. The lowest BCUT2D eigenvalue weighted by molar-refractivity contribution is -0.137. The summed E-state index contributed by atoms with van der Waals surface area (Å²) in [5.41, 5.74) is 1.70. The molecule has 1 aliphatic carbocycles. The Morgan fingerprint density at radius 1 is 1.04 bits per heavy atom. The Hall–Kier alpha value is -2.21. The number of hydrogen-bond acceptors (Lipinski definition) is 3. The second kappa shape index (κ2) is 8.65. The Bertz CT molecular complexity index is 725. The molecule has 0 saturated carbocycles. The van der Waals surface area contributed by atoms with Crippen LogP contribution >= 0.6 is 0 Å². The van der Waals surface area contributed by atoms with Crippen molar-refractivity contribution in [2.75, 3.05) is 30.9 Å². The highest BCUT2D eigenvalue weighted by atomic mass is 19.4. The lowest BCUT2D eigenvalue weighted by Crippen LogP contribution is -2.24. The van der Waals surface area contributed by atoms with Gasteiger partial charge in [-0.05, 0) is 29.2 Å². The number of benzene rings is 1. The van der Waals surface area contributed by atoms with Crippen LogP contribution in [0, 0.1) is 11.3 Å². The molecule has 1 aromatic rings. The third-order valence-corrected chi connectivity index (χ3v) is 4.50. The minimum Gasteiger partial charge on any atom is -0.386 e. The molecule has 1 atom stereocenters. The second-order valence-electron chi connectivity index (χ2n) is 7.67. The summed E-state index contributed by atoms with van der Waals surface area (Å²) < 4.78 is 38.4. The molecule has 1 aromatic carbocycles. The predicted molar refractivity (Wildman–Crippen MR) is 107 cm³/mol. The first-order valence-electron chi connectivity index (χ1n) is 9.00. The zero-order valence-electron chi connectivity index (χ0n) is 16.2. The van der Waals surface area contributed by atoms with Crippen LogP contribution < -0.4 is 16.0 Å². The van der Waals surface area contributed by atoms with Gasteiger partial charge in [-0.2, -0.15) is 13.2 Å². The average molecular weight is 379 g/mol. The molecule has 3 N–H and O–H groups in total. The number of rotatable bonds is 6. The van der Waals surface area contributed by atoms with Gasteiger partial charge in [0, 0.05) is 19.5 Å². The van der Waals surface area contributed by atoms with Crippen molar-refractivity contribution in [3.8, 4) is 0 Å². The summed E-state index contributed by atoms with van der Waals surface area (Å²) in [4.78, 5) is 0. The van der Waals surface area contributed by atoms with Crippen LogP contribution in [0.25, 0.3) is 0 Å². The van der Waals surface area contributed by atoms with Gasteiger partial charge >= 0.3 is 6.18 Å². The van der Waals surface area contributed by atoms with Crippen LogP contribution in [-0.2, 0) is 6.18 Å². The fourth-order valence-corrected chi connectivity index (χ4v) is 2.79. The quantitative estimate of drug-likeness (QED) is 0.456. The highest BCUT2D eigenvalue weighted by Crippen LogP contribution is 2.33. The van der Waals surface area contributed by atoms with Gasteiger partial charge < -0.3 is 10.6 Å². The van der Waals surface area contributed by atoms with E-state index in [0.29, 0.717) is 30.5 Å². The molecule has 2 rings (SSSR count). The minimum atomic E-state index is -4.35. The molecule has 0 saturated heterocycles. The van der Waals surface area contributed by atoms with Crippen LogP contribution in [0.1, 0.15) is 26.3 Å². The van der Waals surface area contributed by atoms with Crippen LogP contribution in [-0.4, -0.2) is 20.3 Å². The van der Waals surface area contributed by atoms with Gasteiger partial charge in [0.2, 0.25) is 0 Å². The maximum Gasteiger partial charge on any atom is 0.416 e. The monoisotopic (exact) mass is 379 g/mol. The molecular formula is C21H28F3N3. The lowest BCUT2D eigenvalue weighted by Gasteiger charge is -2.24. The Morgan fingerprint density at radius 2 is 1.78 bits per heavy atom. The van der Waals surface area contributed by atoms with E-state index in [1.54, 1.807) is 7.05 Å². The fourth-order valence-electron chi connectivity index (χ4n) is 2.79. The molecule has 0 heterocycles. The van der Waals surface area contributed by atoms with Crippen molar-refractivity contribution in [1.29, 1.82) is 0 Å². The van der Waals surface area contributed by atoms with Gasteiger partial charge in [0.1, 0.15) is 0 Å². The van der Waals surface area contributed by atoms with Gasteiger partial charge in [0.25, 0.3) is 0 Å². The Kier molecular flexibility index (Phi) is 6.76. The van der Waals surface area contributed by atoms with Gasteiger partial charge in [-0.25, -0.2) is 0 Å². The summed E-state index contributed by atoms with van der Waals surface area (Å²) in [7, 11) is 1.60. The van der Waals surface area contributed by atoms with Crippen molar-refractivity contribution in [2.45, 2.75) is 26.9 Å². The van der Waals surface area contributed by atoms with Crippen molar-refractivity contribution >= 4 is 11.4 Å². The van der Waals surface area contributed by atoms with E-state index in [9.17, 15) is 13.2 Å². The predicted octanol–water partition coefficient (Wildman–Crippen LogP) is 5.42. The molecule has 0 aromatic heterocycles. The van der Waals surface area contributed by atoms with Crippen LogP contribution in [0.5, 0.6) is 0 Å². The second-order valence-corrected chi connectivity index (χ2v) is 7.67. The van der Waals surface area contributed by atoms with Gasteiger partial charge in [-0.3, -0.25) is 5.32 Å². The number of halogens is 3. The Balaban J connectivity index is 1.89. The largest absolute Gasteiger partial charge is 0.416 e. The molecule has 6 heteroatoms. The SMILES string of the molecule is CNc1cc(C(F)(F)F)ccc1NCNCC1=CC=CC(C(C)(C)C)C=C1. The van der Waals surface area contributed by atoms with Crippen LogP contribution in [0.4, 0.5) is 24.5 Å². The summed E-state index contributed by atoms with van der Waals surface area (Å²) in [6.45, 7) is 7.74. The summed E-state index contributed by atoms with van der Waals surface area (Å²) in [5.74, 6) is 0.384. The van der Waals surface area contributed by atoms with Gasteiger partial charge in [0.15, 0.2) is 0 Å². The van der Waals surface area contributed by atoms with Crippen LogP contribution in [0.3, 0.4) is 0 Å². The molecule has 1 aliphatic rings. The van der Waals surface area contributed by atoms with E-state index in [2.05, 4.69) is 67.1 Å². The topological polar surface area (TPSA) is 36.1 Å². The first-order chi connectivity index (χ1) is 12.6. The van der Waals surface area contributed by atoms with Crippen LogP contribution in [0.2, 0.25) is 0 Å². The van der Waals surface area contributed by atoms with Crippen molar-refractivity contribution in [3.63, 3.8) is 0 Å². The van der Waals surface area contributed by atoms with E-state index in [4.69, 9.17) is 0 Å². The summed E-state index contributed by atoms with van der Waals surface area (Å²) in [6, 6.07) is 3.63. The fraction of sp³-hybridized carbons (Fsp3) is 0.429. The van der Waals surface area contributed by atoms with Gasteiger partial charge in [0.05, 0.1) is 23.6 Å². The third kappa shape index (κ3) is 6.17. The van der Waals surface area contributed by atoms with Gasteiger partial charge in [-0.15, -0.1) is 0 Å². The molecule has 1 unspecified atom stereocenters. The van der Waals surface area contributed by atoms with Crippen LogP contribution in [0.15, 0.2) is 54.2 Å². The highest BCUT2D eigenvalue weighted by molar-refractivity contribution is 5.69. The molecule has 0 aliphatic heterocycles. The van der Waals surface area contributed by atoms with Crippen molar-refractivity contribution in [2.24, 2.45) is 11.3 Å². The molecule has 0 bridgehead atoms. The van der Waals surface area contributed by atoms with Gasteiger partial charge in [-0.1, -0.05) is 51.2 Å². The van der Waals surface area contributed by atoms with Crippen molar-refractivity contribution in [1.82, 2.24) is 5.32 Å². The first kappa shape index (κ1) is 21.1. The number of hydrogen-bond donors (Lipinski definition) is 3. The number of alkyl halides is 3. The minimum absolute atomic E-state index is 0.178. The van der Waals surface area contributed by atoms with Crippen molar-refractivity contribution in [3.05, 3.63) is 59.7 Å². The van der Waals surface area contributed by atoms with Crippen molar-refractivity contribution < 1.29 is 13.2 Å². The summed E-state index contributed by atoms with van der Waals surface area (Å²) in [5, 5.41) is 9.19. The van der Waals surface area contributed by atoms with E-state index >= 15 is 0 Å².